The minimum Gasteiger partial charge on any atom is -0.461 e. The number of ether oxygens (including phenoxy) is 3. The summed E-state index contributed by atoms with van der Waals surface area (Å²) in [7, 11) is 0. The largest absolute Gasteiger partial charge is 0.461 e. The predicted molar refractivity (Wildman–Crippen MR) is 79.9 cm³/mol. The van der Waals surface area contributed by atoms with E-state index in [0.717, 1.165) is 19.1 Å². The Morgan fingerprint density at radius 3 is 2.48 bits per heavy atom. The first-order valence-corrected chi connectivity index (χ1v) is 7.23. The summed E-state index contributed by atoms with van der Waals surface area (Å²) in [6.07, 6.45) is 1.40. The molecule has 0 radical (unpaired) electrons. The maximum absolute atomic E-state index is 11.4. The topological polar surface area (TPSA) is 73.9 Å². The first-order valence-electron chi connectivity index (χ1n) is 7.23. The van der Waals surface area contributed by atoms with Gasteiger partial charge in [-0.3, -0.25) is 0 Å². The molecule has 0 aliphatic heterocycles. The predicted octanol–water partition coefficient (Wildman–Crippen LogP) is 2.14. The number of alkyl carbamates (subject to hydrolysis) is 1. The second kappa shape index (κ2) is 12.2. The van der Waals surface area contributed by atoms with Gasteiger partial charge < -0.3 is 19.5 Å². The van der Waals surface area contributed by atoms with Crippen LogP contribution >= 0.6 is 0 Å². The molecule has 0 bridgehead atoms. The van der Waals surface area contributed by atoms with Crippen LogP contribution in [-0.4, -0.2) is 45.0 Å². The molecule has 0 heterocycles. The Kier molecular flexibility index (Phi) is 11.3. The molecule has 122 valence electrons. The highest BCUT2D eigenvalue weighted by molar-refractivity contribution is 5.81. The fourth-order valence-corrected chi connectivity index (χ4v) is 1.32. The molecule has 1 atom stereocenters. The summed E-state index contributed by atoms with van der Waals surface area (Å²) in [4.78, 5) is 22.1. The molecule has 0 aromatic heterocycles. The van der Waals surface area contributed by atoms with Crippen LogP contribution in [0.3, 0.4) is 0 Å². The Morgan fingerprint density at radius 2 is 1.86 bits per heavy atom. The van der Waals surface area contributed by atoms with Crippen LogP contribution in [-0.2, 0) is 19.0 Å². The molecule has 0 spiro atoms. The maximum atomic E-state index is 11.4. The van der Waals surface area contributed by atoms with Gasteiger partial charge in [-0.05, 0) is 18.3 Å². The van der Waals surface area contributed by atoms with E-state index in [1.807, 2.05) is 6.92 Å². The number of carbonyl (C=O) groups is 2. The minimum atomic E-state index is -0.514. The van der Waals surface area contributed by atoms with Crippen LogP contribution in [0.2, 0.25) is 0 Å². The summed E-state index contributed by atoms with van der Waals surface area (Å²) in [6.45, 7) is 11.5. The molecule has 0 saturated heterocycles. The van der Waals surface area contributed by atoms with Gasteiger partial charge in [-0.2, -0.15) is 0 Å². The lowest BCUT2D eigenvalue weighted by atomic mass is 10.1. The standard InChI is InChI=1S/C15H27NO5/c1-5-14(17)20-9-7-16-15(18)21-11-13(4)6-8-19-10-12(2)3/h5,12-13H,1,6-11H2,2-4H3,(H,16,18). The second-order valence-electron chi connectivity index (χ2n) is 5.26. The summed E-state index contributed by atoms with van der Waals surface area (Å²) in [5, 5.41) is 2.50. The highest BCUT2D eigenvalue weighted by Gasteiger charge is 2.07. The molecule has 1 N–H and O–H groups in total. The van der Waals surface area contributed by atoms with E-state index in [1.165, 1.54) is 0 Å². The monoisotopic (exact) mass is 301 g/mol. The summed E-state index contributed by atoms with van der Waals surface area (Å²) in [5.41, 5.74) is 0. The van der Waals surface area contributed by atoms with Crippen molar-refractivity contribution in [2.75, 3.05) is 33.0 Å². The summed E-state index contributed by atoms with van der Waals surface area (Å²) < 4.78 is 15.2. The number of esters is 1. The summed E-state index contributed by atoms with van der Waals surface area (Å²) in [6, 6.07) is 0. The fourth-order valence-electron chi connectivity index (χ4n) is 1.32. The minimum absolute atomic E-state index is 0.0958. The van der Waals surface area contributed by atoms with E-state index in [-0.39, 0.29) is 19.1 Å². The zero-order valence-electron chi connectivity index (χ0n) is 13.2. The highest BCUT2D eigenvalue weighted by Crippen LogP contribution is 2.04. The molecular weight excluding hydrogens is 274 g/mol. The van der Waals surface area contributed by atoms with Crippen molar-refractivity contribution >= 4 is 12.1 Å². The molecule has 21 heavy (non-hydrogen) atoms. The van der Waals surface area contributed by atoms with Gasteiger partial charge >= 0.3 is 12.1 Å². The van der Waals surface area contributed by atoms with E-state index < -0.39 is 12.1 Å². The van der Waals surface area contributed by atoms with Gasteiger partial charge in [-0.1, -0.05) is 27.4 Å². The van der Waals surface area contributed by atoms with Crippen LogP contribution < -0.4 is 5.32 Å². The van der Waals surface area contributed by atoms with E-state index in [4.69, 9.17) is 14.2 Å². The quantitative estimate of drug-likeness (QED) is 0.359. The van der Waals surface area contributed by atoms with Crippen LogP contribution in [0.15, 0.2) is 12.7 Å². The highest BCUT2D eigenvalue weighted by atomic mass is 16.6. The summed E-state index contributed by atoms with van der Waals surface area (Å²) >= 11 is 0. The normalized spacial score (nSPS) is 11.8. The molecule has 0 aliphatic carbocycles. The van der Waals surface area contributed by atoms with Crippen molar-refractivity contribution in [3.63, 3.8) is 0 Å². The van der Waals surface area contributed by atoms with E-state index >= 15 is 0 Å². The maximum Gasteiger partial charge on any atom is 0.407 e. The second-order valence-corrected chi connectivity index (χ2v) is 5.26. The molecule has 0 aromatic rings. The Balaban J connectivity index is 3.50. The number of hydrogen-bond acceptors (Lipinski definition) is 5. The third-order valence-corrected chi connectivity index (χ3v) is 2.49. The van der Waals surface area contributed by atoms with Crippen LogP contribution in [0.5, 0.6) is 0 Å². The Labute approximate surface area is 126 Å². The van der Waals surface area contributed by atoms with Gasteiger partial charge in [0, 0.05) is 19.3 Å². The van der Waals surface area contributed by atoms with Crippen molar-refractivity contribution in [3.8, 4) is 0 Å². The SMILES string of the molecule is C=CC(=O)OCCNC(=O)OCC(C)CCOCC(C)C. The van der Waals surface area contributed by atoms with Crippen molar-refractivity contribution in [1.29, 1.82) is 0 Å². The van der Waals surface area contributed by atoms with Gasteiger partial charge in [-0.25, -0.2) is 9.59 Å². The zero-order chi connectivity index (χ0) is 16.1. The van der Waals surface area contributed by atoms with E-state index in [9.17, 15) is 9.59 Å². The molecule has 1 amide bonds. The Bertz CT molecular complexity index is 317. The van der Waals surface area contributed by atoms with E-state index in [1.54, 1.807) is 0 Å². The Morgan fingerprint density at radius 1 is 1.14 bits per heavy atom. The lowest BCUT2D eigenvalue weighted by Gasteiger charge is -2.13. The average Bonchev–Trinajstić information content (AvgIpc) is 2.45. The molecule has 6 nitrogen and oxygen atoms in total. The molecule has 0 aliphatic rings. The molecule has 6 heteroatoms. The molecule has 0 saturated carbocycles. The van der Waals surface area contributed by atoms with Gasteiger partial charge in [0.15, 0.2) is 0 Å². The van der Waals surface area contributed by atoms with Crippen LogP contribution in [0.1, 0.15) is 27.2 Å². The molecule has 0 fully saturated rings. The van der Waals surface area contributed by atoms with Crippen molar-refractivity contribution in [1.82, 2.24) is 5.32 Å². The zero-order valence-corrected chi connectivity index (χ0v) is 13.2. The number of nitrogens with one attached hydrogen (secondary N) is 1. The first-order chi connectivity index (χ1) is 9.95. The van der Waals surface area contributed by atoms with Gasteiger partial charge in [-0.15, -0.1) is 0 Å². The van der Waals surface area contributed by atoms with Crippen molar-refractivity contribution in [2.45, 2.75) is 27.2 Å². The molecule has 0 aromatic carbocycles. The van der Waals surface area contributed by atoms with Gasteiger partial charge in [0.2, 0.25) is 0 Å². The van der Waals surface area contributed by atoms with Crippen molar-refractivity contribution < 1.29 is 23.8 Å². The number of hydrogen-bond donors (Lipinski definition) is 1. The summed E-state index contributed by atoms with van der Waals surface area (Å²) in [5.74, 6) is 0.249. The van der Waals surface area contributed by atoms with Crippen LogP contribution in [0.4, 0.5) is 4.79 Å². The van der Waals surface area contributed by atoms with Gasteiger partial charge in [0.25, 0.3) is 0 Å². The van der Waals surface area contributed by atoms with Crippen molar-refractivity contribution in [3.05, 3.63) is 12.7 Å². The lowest BCUT2D eigenvalue weighted by Crippen LogP contribution is -2.29. The van der Waals surface area contributed by atoms with Crippen molar-refractivity contribution in [2.24, 2.45) is 11.8 Å². The molecular formula is C15H27NO5. The Hall–Kier alpha value is -1.56. The average molecular weight is 301 g/mol. The number of rotatable bonds is 11. The number of carbonyl (C=O) groups excluding carboxylic acids is 2. The third kappa shape index (κ3) is 13.2. The smallest absolute Gasteiger partial charge is 0.407 e. The van der Waals surface area contributed by atoms with Gasteiger partial charge in [0.05, 0.1) is 13.2 Å². The van der Waals surface area contributed by atoms with Crippen LogP contribution in [0.25, 0.3) is 0 Å². The van der Waals surface area contributed by atoms with E-state index in [0.29, 0.717) is 19.1 Å². The fraction of sp³-hybridized carbons (Fsp3) is 0.733. The van der Waals surface area contributed by atoms with E-state index in [2.05, 4.69) is 25.7 Å². The number of amides is 1. The molecule has 0 rings (SSSR count). The first kappa shape index (κ1) is 19.4. The molecule has 1 unspecified atom stereocenters. The third-order valence-electron chi connectivity index (χ3n) is 2.49. The van der Waals surface area contributed by atoms with Gasteiger partial charge in [0.1, 0.15) is 6.61 Å². The van der Waals surface area contributed by atoms with Crippen LogP contribution in [0, 0.1) is 11.8 Å². The lowest BCUT2D eigenvalue weighted by molar-refractivity contribution is -0.137.